The van der Waals surface area contributed by atoms with Gasteiger partial charge >= 0.3 is 0 Å². The maximum Gasteiger partial charge on any atom is 0.263 e. The number of phenols is 2. The number of para-hydroxylation sites is 1. The quantitative estimate of drug-likeness (QED) is 0.749. The number of Topliss-reactive ketones (excluding diaryl/α,β-unsaturated/α-hetero) is 1. The summed E-state index contributed by atoms with van der Waals surface area (Å²) in [6.07, 6.45) is 0. The molecule has 2 rings (SSSR count). The molecule has 5 heteroatoms. The van der Waals surface area contributed by atoms with E-state index in [9.17, 15) is 19.8 Å². The zero-order chi connectivity index (χ0) is 14.7. The van der Waals surface area contributed by atoms with Gasteiger partial charge in [-0.3, -0.25) is 9.59 Å². The number of benzene rings is 2. The van der Waals surface area contributed by atoms with Crippen molar-refractivity contribution in [2.45, 2.75) is 6.92 Å². The molecule has 3 N–H and O–H groups in total. The molecule has 102 valence electrons. The number of carbonyl (C=O) groups is 2. The SMILES string of the molecule is CC(=O)c1ccccc1NC(=O)c1c(O)cccc1O. The first-order valence-electron chi connectivity index (χ1n) is 5.93. The zero-order valence-corrected chi connectivity index (χ0v) is 10.8. The van der Waals surface area contributed by atoms with Crippen LogP contribution in [0.4, 0.5) is 5.69 Å². The minimum Gasteiger partial charge on any atom is -0.507 e. The molecule has 0 heterocycles. The van der Waals surface area contributed by atoms with Crippen molar-refractivity contribution >= 4 is 17.4 Å². The van der Waals surface area contributed by atoms with E-state index in [0.29, 0.717) is 11.3 Å². The van der Waals surface area contributed by atoms with E-state index in [4.69, 9.17) is 0 Å². The Bertz CT molecular complexity index is 659. The number of ketones is 1. The molecule has 0 spiro atoms. The molecule has 0 fully saturated rings. The van der Waals surface area contributed by atoms with Crippen LogP contribution in [0.1, 0.15) is 27.6 Å². The second kappa shape index (κ2) is 5.44. The second-order valence-electron chi connectivity index (χ2n) is 4.23. The topological polar surface area (TPSA) is 86.6 Å². The van der Waals surface area contributed by atoms with Gasteiger partial charge in [0.1, 0.15) is 17.1 Å². The molecule has 0 aromatic heterocycles. The fourth-order valence-corrected chi connectivity index (χ4v) is 1.84. The molecule has 0 bridgehead atoms. The number of anilines is 1. The van der Waals surface area contributed by atoms with Crippen LogP contribution < -0.4 is 5.32 Å². The van der Waals surface area contributed by atoms with Crippen LogP contribution in [-0.4, -0.2) is 21.9 Å². The van der Waals surface area contributed by atoms with Gasteiger partial charge < -0.3 is 15.5 Å². The molecule has 0 aliphatic heterocycles. The summed E-state index contributed by atoms with van der Waals surface area (Å²) in [6.45, 7) is 1.39. The van der Waals surface area contributed by atoms with Gasteiger partial charge in [0.25, 0.3) is 5.91 Å². The number of amides is 1. The third-order valence-corrected chi connectivity index (χ3v) is 2.80. The number of hydrogen-bond donors (Lipinski definition) is 3. The van der Waals surface area contributed by atoms with Crippen molar-refractivity contribution in [3.63, 3.8) is 0 Å². The summed E-state index contributed by atoms with van der Waals surface area (Å²) >= 11 is 0. The lowest BCUT2D eigenvalue weighted by atomic mass is 10.1. The van der Waals surface area contributed by atoms with Gasteiger partial charge in [0, 0.05) is 5.56 Å². The Morgan fingerprint density at radius 2 is 1.55 bits per heavy atom. The van der Waals surface area contributed by atoms with Crippen molar-refractivity contribution in [1.82, 2.24) is 0 Å². The average Bonchev–Trinajstić information content (AvgIpc) is 2.38. The summed E-state index contributed by atoms with van der Waals surface area (Å²) in [5.41, 5.74) is 0.453. The highest BCUT2D eigenvalue weighted by Gasteiger charge is 2.17. The number of nitrogens with one attached hydrogen (secondary N) is 1. The molecular weight excluding hydrogens is 258 g/mol. The summed E-state index contributed by atoms with van der Waals surface area (Å²) in [5, 5.41) is 21.8. The second-order valence-corrected chi connectivity index (χ2v) is 4.23. The Labute approximate surface area is 115 Å². The van der Waals surface area contributed by atoms with E-state index in [-0.39, 0.29) is 22.8 Å². The molecule has 5 nitrogen and oxygen atoms in total. The van der Waals surface area contributed by atoms with Crippen molar-refractivity contribution in [3.05, 3.63) is 53.6 Å². The Kier molecular flexibility index (Phi) is 3.70. The molecule has 20 heavy (non-hydrogen) atoms. The highest BCUT2D eigenvalue weighted by molar-refractivity contribution is 6.11. The predicted octanol–water partition coefficient (Wildman–Crippen LogP) is 2.55. The van der Waals surface area contributed by atoms with Gasteiger partial charge in [-0.25, -0.2) is 0 Å². The number of carbonyl (C=O) groups excluding carboxylic acids is 2. The van der Waals surface area contributed by atoms with E-state index >= 15 is 0 Å². The van der Waals surface area contributed by atoms with Gasteiger partial charge in [-0.1, -0.05) is 18.2 Å². The van der Waals surface area contributed by atoms with E-state index in [1.807, 2.05) is 0 Å². The van der Waals surface area contributed by atoms with E-state index in [1.54, 1.807) is 24.3 Å². The van der Waals surface area contributed by atoms with Crippen molar-refractivity contribution in [1.29, 1.82) is 0 Å². The van der Waals surface area contributed by atoms with Crippen molar-refractivity contribution in [2.24, 2.45) is 0 Å². The summed E-state index contributed by atoms with van der Waals surface area (Å²) in [6, 6.07) is 10.5. The van der Waals surface area contributed by atoms with Gasteiger partial charge in [0.2, 0.25) is 0 Å². The third-order valence-electron chi connectivity index (χ3n) is 2.80. The first-order valence-corrected chi connectivity index (χ1v) is 5.93. The van der Waals surface area contributed by atoms with E-state index in [0.717, 1.165) is 0 Å². The monoisotopic (exact) mass is 271 g/mol. The van der Waals surface area contributed by atoms with Crippen molar-refractivity contribution in [3.8, 4) is 11.5 Å². The molecule has 0 aliphatic rings. The smallest absolute Gasteiger partial charge is 0.263 e. The fraction of sp³-hybridized carbons (Fsp3) is 0.0667. The number of aromatic hydroxyl groups is 2. The maximum atomic E-state index is 12.1. The minimum absolute atomic E-state index is 0.192. The minimum atomic E-state index is -0.686. The van der Waals surface area contributed by atoms with E-state index in [1.165, 1.54) is 25.1 Å². The molecule has 1 amide bonds. The van der Waals surface area contributed by atoms with Crippen LogP contribution in [0, 0.1) is 0 Å². The van der Waals surface area contributed by atoms with Crippen LogP contribution >= 0.6 is 0 Å². The Morgan fingerprint density at radius 1 is 0.950 bits per heavy atom. The molecule has 0 atom stereocenters. The maximum absolute atomic E-state index is 12.1. The standard InChI is InChI=1S/C15H13NO4/c1-9(17)10-5-2-3-6-11(10)16-15(20)14-12(18)7-4-8-13(14)19/h2-8,18-19H,1H3,(H,16,20). The molecule has 0 unspecified atom stereocenters. The van der Waals surface area contributed by atoms with Crippen LogP contribution in [-0.2, 0) is 0 Å². The largest absolute Gasteiger partial charge is 0.507 e. The van der Waals surface area contributed by atoms with Crippen LogP contribution in [0.15, 0.2) is 42.5 Å². The van der Waals surface area contributed by atoms with Gasteiger partial charge in [0.15, 0.2) is 5.78 Å². The predicted molar refractivity (Wildman–Crippen MR) is 74.2 cm³/mol. The van der Waals surface area contributed by atoms with Gasteiger partial charge in [-0.15, -0.1) is 0 Å². The molecule has 2 aromatic carbocycles. The Morgan fingerprint density at radius 3 is 2.15 bits per heavy atom. The van der Waals surface area contributed by atoms with Crippen LogP contribution in [0.2, 0.25) is 0 Å². The van der Waals surface area contributed by atoms with Gasteiger partial charge in [0.05, 0.1) is 5.69 Å². The lowest BCUT2D eigenvalue weighted by Crippen LogP contribution is -2.14. The molecule has 2 aromatic rings. The Hall–Kier alpha value is -2.82. The molecule has 0 saturated carbocycles. The third kappa shape index (κ3) is 2.61. The molecular formula is C15H13NO4. The van der Waals surface area contributed by atoms with E-state index in [2.05, 4.69) is 5.32 Å². The van der Waals surface area contributed by atoms with Gasteiger partial charge in [-0.05, 0) is 31.2 Å². The van der Waals surface area contributed by atoms with Gasteiger partial charge in [-0.2, -0.15) is 0 Å². The number of phenolic OH excluding ortho intramolecular Hbond substituents is 2. The average molecular weight is 271 g/mol. The van der Waals surface area contributed by atoms with Crippen LogP contribution in [0.3, 0.4) is 0 Å². The summed E-state index contributed by atoms with van der Waals surface area (Å²) in [4.78, 5) is 23.6. The van der Waals surface area contributed by atoms with Crippen molar-refractivity contribution < 1.29 is 19.8 Å². The summed E-state index contributed by atoms with van der Waals surface area (Å²) in [7, 11) is 0. The summed E-state index contributed by atoms with van der Waals surface area (Å²) < 4.78 is 0. The van der Waals surface area contributed by atoms with E-state index < -0.39 is 5.91 Å². The summed E-state index contributed by atoms with van der Waals surface area (Å²) in [5.74, 6) is -1.54. The lowest BCUT2D eigenvalue weighted by molar-refractivity contribution is 0.101. The zero-order valence-electron chi connectivity index (χ0n) is 10.8. The number of hydrogen-bond acceptors (Lipinski definition) is 4. The van der Waals surface area contributed by atoms with Crippen LogP contribution in [0.5, 0.6) is 11.5 Å². The van der Waals surface area contributed by atoms with Crippen molar-refractivity contribution in [2.75, 3.05) is 5.32 Å². The van der Waals surface area contributed by atoms with Crippen LogP contribution in [0.25, 0.3) is 0 Å². The lowest BCUT2D eigenvalue weighted by Gasteiger charge is -2.10. The number of rotatable bonds is 3. The highest BCUT2D eigenvalue weighted by Crippen LogP contribution is 2.27. The Balaban J connectivity index is 2.36. The molecule has 0 radical (unpaired) electrons. The molecule has 0 aliphatic carbocycles. The first kappa shape index (κ1) is 13.6. The highest BCUT2D eigenvalue weighted by atomic mass is 16.3. The fourth-order valence-electron chi connectivity index (χ4n) is 1.84. The first-order chi connectivity index (χ1) is 9.50. The molecule has 0 saturated heterocycles. The normalized spacial score (nSPS) is 10.1.